The van der Waals surface area contributed by atoms with Crippen molar-refractivity contribution in [3.63, 3.8) is 0 Å². The zero-order valence-corrected chi connectivity index (χ0v) is 18.0. The zero-order chi connectivity index (χ0) is 21.4. The van der Waals surface area contributed by atoms with Gasteiger partial charge in [-0.1, -0.05) is 29.8 Å². The Hall–Kier alpha value is -2.99. The summed E-state index contributed by atoms with van der Waals surface area (Å²) in [5.41, 5.74) is 6.62. The molecular weight excluding hydrogens is 441 g/mol. The van der Waals surface area contributed by atoms with Gasteiger partial charge in [0, 0.05) is 29.5 Å². The fourth-order valence-corrected chi connectivity index (χ4v) is 4.28. The second-order valence-corrected chi connectivity index (χ2v) is 7.82. The van der Waals surface area contributed by atoms with Gasteiger partial charge in [-0.15, -0.1) is 12.4 Å². The van der Waals surface area contributed by atoms with Crippen molar-refractivity contribution in [1.29, 1.82) is 5.26 Å². The van der Waals surface area contributed by atoms with E-state index in [2.05, 4.69) is 11.1 Å². The lowest BCUT2D eigenvalue weighted by Gasteiger charge is -2.33. The SMILES string of the molecule is Cl.N#Cc1c(N2CCC[C@@H](N)C2)n(Cc2ccccc2Cl)c2c(=O)[nH]c(C(=O)O)cc12. The molecule has 8 nitrogen and oxygen atoms in total. The molecule has 10 heteroatoms. The Labute approximate surface area is 189 Å². The maximum atomic E-state index is 12.9. The normalized spacial score (nSPS) is 16.0. The molecular formula is C21H21Cl2N5O3. The van der Waals surface area contributed by atoms with Crippen LogP contribution in [0, 0.1) is 11.3 Å². The number of benzene rings is 1. The molecule has 0 unspecified atom stereocenters. The predicted octanol–water partition coefficient (Wildman–Crippen LogP) is 2.95. The second-order valence-electron chi connectivity index (χ2n) is 7.42. The Morgan fingerprint density at radius 3 is 2.77 bits per heavy atom. The number of aromatic carboxylic acids is 1. The van der Waals surface area contributed by atoms with E-state index in [0.29, 0.717) is 29.3 Å². The van der Waals surface area contributed by atoms with Crippen LogP contribution in [0.1, 0.15) is 34.5 Å². The van der Waals surface area contributed by atoms with Gasteiger partial charge in [0.25, 0.3) is 5.56 Å². The number of halogens is 2. The largest absolute Gasteiger partial charge is 0.477 e. The monoisotopic (exact) mass is 461 g/mol. The van der Waals surface area contributed by atoms with Crippen LogP contribution in [0.4, 0.5) is 5.82 Å². The van der Waals surface area contributed by atoms with Gasteiger partial charge in [-0.25, -0.2) is 4.79 Å². The summed E-state index contributed by atoms with van der Waals surface area (Å²) in [6.45, 7) is 1.48. The molecule has 0 radical (unpaired) electrons. The zero-order valence-electron chi connectivity index (χ0n) is 16.5. The van der Waals surface area contributed by atoms with Crippen LogP contribution in [0.5, 0.6) is 0 Å². The summed E-state index contributed by atoms with van der Waals surface area (Å²) in [5.74, 6) is -0.700. The van der Waals surface area contributed by atoms with Crippen molar-refractivity contribution in [1.82, 2.24) is 9.55 Å². The van der Waals surface area contributed by atoms with E-state index in [0.717, 1.165) is 18.4 Å². The molecule has 2 aromatic heterocycles. The van der Waals surface area contributed by atoms with E-state index in [1.807, 2.05) is 23.1 Å². The third-order valence-corrected chi connectivity index (χ3v) is 5.78. The van der Waals surface area contributed by atoms with Gasteiger partial charge in [0.15, 0.2) is 0 Å². The van der Waals surface area contributed by atoms with Crippen LogP contribution in [0.15, 0.2) is 35.1 Å². The maximum Gasteiger partial charge on any atom is 0.352 e. The number of rotatable bonds is 4. The van der Waals surface area contributed by atoms with Gasteiger partial charge in [-0.3, -0.25) is 4.79 Å². The van der Waals surface area contributed by atoms with Gasteiger partial charge >= 0.3 is 5.97 Å². The molecule has 0 bridgehead atoms. The van der Waals surface area contributed by atoms with Crippen LogP contribution < -0.4 is 16.2 Å². The van der Waals surface area contributed by atoms with E-state index >= 15 is 0 Å². The van der Waals surface area contributed by atoms with Crippen molar-refractivity contribution in [3.05, 3.63) is 62.5 Å². The van der Waals surface area contributed by atoms with E-state index in [1.165, 1.54) is 6.07 Å². The van der Waals surface area contributed by atoms with Crippen molar-refractivity contribution in [2.24, 2.45) is 5.73 Å². The molecule has 1 saturated heterocycles. The van der Waals surface area contributed by atoms with Crippen molar-refractivity contribution in [2.75, 3.05) is 18.0 Å². The summed E-state index contributed by atoms with van der Waals surface area (Å²) in [4.78, 5) is 28.8. The molecule has 0 saturated carbocycles. The van der Waals surface area contributed by atoms with Gasteiger partial charge < -0.3 is 25.3 Å². The minimum absolute atomic E-state index is 0. The molecule has 0 amide bonds. The fraction of sp³-hybridized carbons (Fsp3) is 0.286. The average Bonchev–Trinajstić information content (AvgIpc) is 3.03. The van der Waals surface area contributed by atoms with Gasteiger partial charge in [0.1, 0.15) is 28.7 Å². The van der Waals surface area contributed by atoms with Crippen molar-refractivity contribution in [2.45, 2.75) is 25.4 Å². The standard InChI is InChI=1S/C21H20ClN5O3.ClH/c22-16-6-2-1-4-12(16)10-27-18-14(8-17(21(29)30)25-19(18)28)15(9-23)20(27)26-7-3-5-13(24)11-26;/h1-2,4,6,8,13H,3,5,7,10-11,24H2,(H,25,28)(H,29,30);1H/t13-;/m1./s1. The number of nitriles is 1. The number of carboxylic acid groups (broad SMARTS) is 1. The quantitative estimate of drug-likeness (QED) is 0.547. The first-order valence-corrected chi connectivity index (χ1v) is 9.95. The number of aromatic amines is 1. The molecule has 162 valence electrons. The summed E-state index contributed by atoms with van der Waals surface area (Å²) >= 11 is 6.36. The van der Waals surface area contributed by atoms with Gasteiger partial charge in [-0.2, -0.15) is 5.26 Å². The third-order valence-electron chi connectivity index (χ3n) is 5.41. The number of hydrogen-bond donors (Lipinski definition) is 3. The summed E-state index contributed by atoms with van der Waals surface area (Å²) in [6.07, 6.45) is 1.74. The minimum Gasteiger partial charge on any atom is -0.477 e. The molecule has 0 aliphatic carbocycles. The molecule has 0 spiro atoms. The van der Waals surface area contributed by atoms with Crippen LogP contribution in [-0.4, -0.2) is 39.8 Å². The van der Waals surface area contributed by atoms with Crippen LogP contribution in [0.25, 0.3) is 10.9 Å². The number of aromatic nitrogens is 2. The van der Waals surface area contributed by atoms with Crippen molar-refractivity contribution >= 4 is 46.7 Å². The molecule has 1 atom stereocenters. The number of pyridine rings is 1. The molecule has 4 N–H and O–H groups in total. The molecule has 1 aliphatic heterocycles. The predicted molar refractivity (Wildman–Crippen MR) is 121 cm³/mol. The molecule has 1 aromatic carbocycles. The molecule has 4 rings (SSSR count). The highest BCUT2D eigenvalue weighted by atomic mass is 35.5. The van der Waals surface area contributed by atoms with Crippen LogP contribution in [-0.2, 0) is 6.54 Å². The first-order valence-electron chi connectivity index (χ1n) is 9.57. The van der Waals surface area contributed by atoms with Gasteiger partial charge in [-0.05, 0) is 30.5 Å². The number of nitrogens with zero attached hydrogens (tertiary/aromatic N) is 3. The van der Waals surface area contributed by atoms with E-state index in [1.54, 1.807) is 10.6 Å². The van der Waals surface area contributed by atoms with E-state index in [4.69, 9.17) is 17.3 Å². The first-order chi connectivity index (χ1) is 14.4. The molecule has 1 aliphatic rings. The number of piperidine rings is 1. The summed E-state index contributed by atoms with van der Waals surface area (Å²) < 4.78 is 1.75. The number of fused-ring (bicyclic) bond motifs is 1. The smallest absolute Gasteiger partial charge is 0.352 e. The number of nitrogens with one attached hydrogen (secondary N) is 1. The Morgan fingerprint density at radius 2 is 2.13 bits per heavy atom. The van der Waals surface area contributed by atoms with Gasteiger partial charge in [0.2, 0.25) is 0 Å². The molecule has 3 aromatic rings. The number of carboxylic acids is 1. The first kappa shape index (κ1) is 22.7. The maximum absolute atomic E-state index is 12.9. The van der Waals surface area contributed by atoms with Crippen LogP contribution >= 0.6 is 24.0 Å². The third kappa shape index (κ3) is 4.12. The average molecular weight is 462 g/mol. The molecule has 31 heavy (non-hydrogen) atoms. The lowest BCUT2D eigenvalue weighted by Crippen LogP contribution is -2.44. The lowest BCUT2D eigenvalue weighted by atomic mass is 10.1. The number of carbonyl (C=O) groups is 1. The summed E-state index contributed by atoms with van der Waals surface area (Å²) in [7, 11) is 0. The Morgan fingerprint density at radius 1 is 1.39 bits per heavy atom. The Balaban J connectivity index is 0.00000272. The minimum atomic E-state index is -1.27. The number of anilines is 1. The number of hydrogen-bond acceptors (Lipinski definition) is 5. The Bertz CT molecular complexity index is 1240. The summed E-state index contributed by atoms with van der Waals surface area (Å²) in [5, 5.41) is 20.2. The van der Waals surface area contributed by atoms with Crippen molar-refractivity contribution < 1.29 is 9.90 Å². The van der Waals surface area contributed by atoms with E-state index in [9.17, 15) is 20.0 Å². The topological polar surface area (TPSA) is 128 Å². The summed E-state index contributed by atoms with van der Waals surface area (Å²) in [6, 6.07) is 10.8. The Kier molecular flexibility index (Phi) is 6.60. The van der Waals surface area contributed by atoms with E-state index < -0.39 is 11.5 Å². The van der Waals surface area contributed by atoms with Crippen LogP contribution in [0.2, 0.25) is 5.02 Å². The molecule has 3 heterocycles. The molecule has 1 fully saturated rings. The highest BCUT2D eigenvalue weighted by molar-refractivity contribution is 6.31. The fourth-order valence-electron chi connectivity index (χ4n) is 4.08. The number of H-pyrrole nitrogens is 1. The van der Waals surface area contributed by atoms with E-state index in [-0.39, 0.29) is 41.8 Å². The lowest BCUT2D eigenvalue weighted by molar-refractivity contribution is 0.0690. The van der Waals surface area contributed by atoms with Gasteiger partial charge in [0.05, 0.1) is 6.54 Å². The highest BCUT2D eigenvalue weighted by Gasteiger charge is 2.28. The van der Waals surface area contributed by atoms with Crippen LogP contribution in [0.3, 0.4) is 0 Å². The second kappa shape index (κ2) is 9.02. The number of nitrogens with two attached hydrogens (primary N) is 1. The highest BCUT2D eigenvalue weighted by Crippen LogP contribution is 2.34. The van der Waals surface area contributed by atoms with Crippen molar-refractivity contribution in [3.8, 4) is 6.07 Å².